The van der Waals surface area contributed by atoms with Crippen LogP contribution in [0.15, 0.2) is 18.2 Å². The Hall–Kier alpha value is -0.380. The van der Waals surface area contributed by atoms with E-state index in [4.69, 9.17) is 17.3 Å². The fourth-order valence-corrected chi connectivity index (χ4v) is 3.25. The normalized spacial score (nSPS) is 21.2. The van der Waals surface area contributed by atoms with Crippen LogP contribution in [0.25, 0.3) is 0 Å². The highest BCUT2D eigenvalue weighted by atomic mass is 35.5. The molecule has 16 heavy (non-hydrogen) atoms. The predicted octanol–water partition coefficient (Wildman–Crippen LogP) is 2.53. The summed E-state index contributed by atoms with van der Waals surface area (Å²) in [5.41, 5.74) is 8.28. The molecule has 1 unspecified atom stereocenters. The van der Waals surface area contributed by atoms with E-state index in [-0.39, 0.29) is 0 Å². The highest BCUT2D eigenvalue weighted by Crippen LogP contribution is 2.28. The molecular weight excluding hydrogens is 240 g/mol. The summed E-state index contributed by atoms with van der Waals surface area (Å²) in [6.07, 6.45) is 0. The molecule has 1 aromatic rings. The van der Waals surface area contributed by atoms with Crippen molar-refractivity contribution < 1.29 is 0 Å². The van der Waals surface area contributed by atoms with E-state index >= 15 is 0 Å². The van der Waals surface area contributed by atoms with Crippen molar-refractivity contribution in [2.45, 2.75) is 12.2 Å². The standard InChI is InChI=1S/C12H17ClN2S/c1-9-2-3-10(13)6-12(9)15-4-5-16-11(7-14)8-15/h2-3,6,11H,4-5,7-8,14H2,1H3. The molecule has 1 fully saturated rings. The Bertz CT molecular complexity index is 370. The summed E-state index contributed by atoms with van der Waals surface area (Å²) in [6, 6.07) is 6.08. The molecule has 1 aliphatic rings. The summed E-state index contributed by atoms with van der Waals surface area (Å²) >= 11 is 8.02. The van der Waals surface area contributed by atoms with E-state index < -0.39 is 0 Å². The molecule has 1 aliphatic heterocycles. The average molecular weight is 257 g/mol. The van der Waals surface area contributed by atoms with Gasteiger partial charge < -0.3 is 10.6 Å². The number of halogens is 1. The highest BCUT2D eigenvalue weighted by molar-refractivity contribution is 8.00. The van der Waals surface area contributed by atoms with Gasteiger partial charge >= 0.3 is 0 Å². The third-order valence-corrected chi connectivity index (χ3v) is 4.38. The van der Waals surface area contributed by atoms with Crippen molar-refractivity contribution >= 4 is 29.1 Å². The van der Waals surface area contributed by atoms with E-state index in [1.807, 2.05) is 17.8 Å². The van der Waals surface area contributed by atoms with Crippen LogP contribution in [0, 0.1) is 6.92 Å². The fourth-order valence-electron chi connectivity index (χ4n) is 2.00. The predicted molar refractivity (Wildman–Crippen MR) is 73.7 cm³/mol. The second-order valence-corrected chi connectivity index (χ2v) is 5.95. The van der Waals surface area contributed by atoms with Crippen molar-refractivity contribution in [1.29, 1.82) is 0 Å². The molecule has 2 nitrogen and oxygen atoms in total. The number of nitrogens with zero attached hydrogens (tertiary/aromatic N) is 1. The largest absolute Gasteiger partial charge is 0.369 e. The van der Waals surface area contributed by atoms with Gasteiger partial charge in [0.25, 0.3) is 0 Å². The quantitative estimate of drug-likeness (QED) is 0.882. The summed E-state index contributed by atoms with van der Waals surface area (Å²) < 4.78 is 0. The van der Waals surface area contributed by atoms with Crippen LogP contribution in [0.5, 0.6) is 0 Å². The second-order valence-electron chi connectivity index (χ2n) is 4.11. The van der Waals surface area contributed by atoms with Gasteiger partial charge in [-0.05, 0) is 24.6 Å². The number of nitrogens with two attached hydrogens (primary N) is 1. The van der Waals surface area contributed by atoms with Crippen LogP contribution < -0.4 is 10.6 Å². The van der Waals surface area contributed by atoms with Crippen molar-refractivity contribution in [3.05, 3.63) is 28.8 Å². The molecule has 0 amide bonds. The second kappa shape index (κ2) is 5.30. The van der Waals surface area contributed by atoms with Gasteiger partial charge in [0, 0.05) is 41.3 Å². The van der Waals surface area contributed by atoms with E-state index in [2.05, 4.69) is 24.0 Å². The lowest BCUT2D eigenvalue weighted by Crippen LogP contribution is -2.41. The van der Waals surface area contributed by atoms with Crippen molar-refractivity contribution in [3.8, 4) is 0 Å². The van der Waals surface area contributed by atoms with Crippen LogP contribution in [-0.4, -0.2) is 30.6 Å². The van der Waals surface area contributed by atoms with E-state index in [1.54, 1.807) is 0 Å². The fraction of sp³-hybridized carbons (Fsp3) is 0.500. The van der Waals surface area contributed by atoms with Gasteiger partial charge in [-0.2, -0.15) is 11.8 Å². The summed E-state index contributed by atoms with van der Waals surface area (Å²) in [6.45, 7) is 5.00. The number of benzene rings is 1. The molecule has 0 spiro atoms. The first-order chi connectivity index (χ1) is 7.70. The van der Waals surface area contributed by atoms with Gasteiger partial charge in [-0.3, -0.25) is 0 Å². The van der Waals surface area contributed by atoms with Gasteiger partial charge in [-0.15, -0.1) is 0 Å². The Labute approximate surface area is 106 Å². The van der Waals surface area contributed by atoms with Crippen LogP contribution >= 0.6 is 23.4 Å². The molecule has 0 saturated carbocycles. The van der Waals surface area contributed by atoms with Crippen LogP contribution in [-0.2, 0) is 0 Å². The van der Waals surface area contributed by atoms with Crippen molar-refractivity contribution in [1.82, 2.24) is 0 Å². The molecule has 2 rings (SSSR count). The molecule has 1 atom stereocenters. The monoisotopic (exact) mass is 256 g/mol. The molecule has 0 aliphatic carbocycles. The summed E-state index contributed by atoms with van der Waals surface area (Å²) in [7, 11) is 0. The van der Waals surface area contributed by atoms with Crippen LogP contribution in [0.1, 0.15) is 5.56 Å². The Kier molecular flexibility index (Phi) is 4.00. The Morgan fingerprint density at radius 2 is 2.38 bits per heavy atom. The van der Waals surface area contributed by atoms with Crippen molar-refractivity contribution in [3.63, 3.8) is 0 Å². The zero-order chi connectivity index (χ0) is 11.5. The van der Waals surface area contributed by atoms with Gasteiger partial charge in [0.1, 0.15) is 0 Å². The summed E-state index contributed by atoms with van der Waals surface area (Å²) in [5.74, 6) is 1.15. The lowest BCUT2D eigenvalue weighted by molar-refractivity contribution is 0.747. The lowest BCUT2D eigenvalue weighted by Gasteiger charge is -2.34. The van der Waals surface area contributed by atoms with Gasteiger partial charge in [0.15, 0.2) is 0 Å². The zero-order valence-electron chi connectivity index (χ0n) is 9.45. The maximum Gasteiger partial charge on any atom is 0.0426 e. The zero-order valence-corrected chi connectivity index (χ0v) is 11.0. The first-order valence-corrected chi connectivity index (χ1v) is 6.96. The topological polar surface area (TPSA) is 29.3 Å². The van der Waals surface area contributed by atoms with Crippen LogP contribution in [0.4, 0.5) is 5.69 Å². The minimum atomic E-state index is 0.548. The first kappa shape index (κ1) is 12.1. The average Bonchev–Trinajstić information content (AvgIpc) is 2.32. The van der Waals surface area contributed by atoms with Crippen molar-refractivity contribution in [2.75, 3.05) is 30.3 Å². The molecule has 2 N–H and O–H groups in total. The minimum absolute atomic E-state index is 0.548. The Balaban J connectivity index is 2.19. The maximum atomic E-state index is 6.05. The molecule has 4 heteroatoms. The van der Waals surface area contributed by atoms with E-state index in [9.17, 15) is 0 Å². The summed E-state index contributed by atoms with van der Waals surface area (Å²) in [4.78, 5) is 2.40. The van der Waals surface area contributed by atoms with E-state index in [0.717, 1.165) is 30.4 Å². The molecule has 1 aromatic carbocycles. The Morgan fingerprint density at radius 3 is 3.12 bits per heavy atom. The smallest absolute Gasteiger partial charge is 0.0426 e. The summed E-state index contributed by atoms with van der Waals surface area (Å²) in [5, 5.41) is 1.36. The van der Waals surface area contributed by atoms with Crippen LogP contribution in [0.2, 0.25) is 5.02 Å². The minimum Gasteiger partial charge on any atom is -0.369 e. The van der Waals surface area contributed by atoms with E-state index in [0.29, 0.717) is 5.25 Å². The molecule has 0 bridgehead atoms. The third-order valence-electron chi connectivity index (χ3n) is 2.91. The number of rotatable bonds is 2. The Morgan fingerprint density at radius 1 is 1.56 bits per heavy atom. The first-order valence-electron chi connectivity index (χ1n) is 5.53. The number of hydrogen-bond donors (Lipinski definition) is 1. The van der Waals surface area contributed by atoms with Crippen molar-refractivity contribution in [2.24, 2.45) is 5.73 Å². The van der Waals surface area contributed by atoms with Gasteiger partial charge in [0.05, 0.1) is 0 Å². The number of hydrogen-bond acceptors (Lipinski definition) is 3. The molecule has 0 radical (unpaired) electrons. The molecule has 0 aromatic heterocycles. The highest BCUT2D eigenvalue weighted by Gasteiger charge is 2.20. The van der Waals surface area contributed by atoms with Gasteiger partial charge in [-0.1, -0.05) is 17.7 Å². The lowest BCUT2D eigenvalue weighted by atomic mass is 10.1. The molecule has 1 saturated heterocycles. The molecule has 88 valence electrons. The van der Waals surface area contributed by atoms with E-state index in [1.165, 1.54) is 11.3 Å². The maximum absolute atomic E-state index is 6.05. The SMILES string of the molecule is Cc1ccc(Cl)cc1N1CCSC(CN)C1. The van der Waals surface area contributed by atoms with Gasteiger partial charge in [0.2, 0.25) is 0 Å². The van der Waals surface area contributed by atoms with Gasteiger partial charge in [-0.25, -0.2) is 0 Å². The molecular formula is C12H17ClN2S. The number of aryl methyl sites for hydroxylation is 1. The van der Waals surface area contributed by atoms with Crippen LogP contribution in [0.3, 0.4) is 0 Å². The third kappa shape index (κ3) is 2.65. The number of thioether (sulfide) groups is 1. The molecule has 1 heterocycles. The number of anilines is 1.